The number of halogens is 3. The molecule has 0 bridgehead atoms. The van der Waals surface area contributed by atoms with Crippen molar-refractivity contribution in [2.24, 2.45) is 0 Å². The van der Waals surface area contributed by atoms with Crippen LogP contribution in [0.3, 0.4) is 0 Å². The van der Waals surface area contributed by atoms with Gasteiger partial charge in [0.2, 0.25) is 0 Å². The molecule has 1 aromatic rings. The fraction of sp³-hybridized carbons (Fsp3) is 0.400. The maximum Gasteiger partial charge on any atom is 1.00 e. The van der Waals surface area contributed by atoms with E-state index in [1.807, 2.05) is 0 Å². The van der Waals surface area contributed by atoms with Crippen LogP contribution in [0.5, 0.6) is 5.75 Å². The van der Waals surface area contributed by atoms with Crippen molar-refractivity contribution in [3.8, 4) is 5.75 Å². The van der Waals surface area contributed by atoms with Crippen LogP contribution >= 0.6 is 0 Å². The molecule has 102 valence electrons. The Kier molecular flexibility index (Phi) is 7.65. The van der Waals surface area contributed by atoms with Crippen LogP contribution in [-0.2, 0) is 9.84 Å². The molecule has 9 heteroatoms. The molecule has 0 amide bonds. The van der Waals surface area contributed by atoms with Gasteiger partial charge in [-0.2, -0.15) is 0 Å². The summed E-state index contributed by atoms with van der Waals surface area (Å²) in [5.74, 6) is 0.0664. The van der Waals surface area contributed by atoms with Gasteiger partial charge in [-0.1, -0.05) is 11.6 Å². The van der Waals surface area contributed by atoms with Crippen molar-refractivity contribution in [1.82, 2.24) is 0 Å². The summed E-state index contributed by atoms with van der Waals surface area (Å²) >= 11 is 0. The zero-order valence-electron chi connectivity index (χ0n) is 11.0. The number of aryl methyl sites for hydroxylation is 1. The van der Waals surface area contributed by atoms with Gasteiger partial charge in [0.25, 0.3) is 0 Å². The molecule has 19 heavy (non-hydrogen) atoms. The van der Waals surface area contributed by atoms with E-state index >= 15 is 0 Å². The van der Waals surface area contributed by atoms with Gasteiger partial charge < -0.3 is 17.7 Å². The van der Waals surface area contributed by atoms with Crippen LogP contribution in [0.25, 0.3) is 0 Å². The van der Waals surface area contributed by atoms with Crippen molar-refractivity contribution >= 4 is 22.3 Å². The van der Waals surface area contributed by atoms with Crippen LogP contribution in [0.15, 0.2) is 18.2 Å². The number of hydrogen-bond donors (Lipinski definition) is 0. The molecule has 0 aliphatic carbocycles. The molecule has 0 N–H and O–H groups in total. The molecule has 0 saturated heterocycles. The van der Waals surface area contributed by atoms with E-state index in [9.17, 15) is 21.4 Å². The molecular weight excluding hydrogens is 307 g/mol. The van der Waals surface area contributed by atoms with E-state index in [0.717, 1.165) is 12.3 Å². The van der Waals surface area contributed by atoms with Crippen molar-refractivity contribution in [2.75, 3.05) is 18.6 Å². The second-order valence-electron chi connectivity index (χ2n) is 4.07. The minimum absolute atomic E-state index is 0. The molecule has 0 radical (unpaired) electrons. The molecular formula is C10H13BF3KO3S. The van der Waals surface area contributed by atoms with Gasteiger partial charge >= 0.3 is 58.4 Å². The Morgan fingerprint density at radius 2 is 1.84 bits per heavy atom. The number of ether oxygens (including phenoxy) is 1. The molecule has 0 saturated carbocycles. The molecule has 1 aromatic carbocycles. The minimum atomic E-state index is -5.03. The quantitative estimate of drug-likeness (QED) is 0.619. The summed E-state index contributed by atoms with van der Waals surface area (Å²) in [7, 11) is -3.14. The summed E-state index contributed by atoms with van der Waals surface area (Å²) in [6.45, 7) is -3.77. The van der Waals surface area contributed by atoms with Gasteiger partial charge in [0, 0.05) is 6.26 Å². The Hall–Kier alpha value is 0.461. The van der Waals surface area contributed by atoms with Gasteiger partial charge in [0.05, 0.1) is 5.75 Å². The first kappa shape index (κ1) is 19.5. The topological polar surface area (TPSA) is 43.4 Å². The third kappa shape index (κ3) is 7.14. The maximum atomic E-state index is 12.5. The van der Waals surface area contributed by atoms with E-state index in [1.54, 1.807) is 0 Å². The zero-order valence-corrected chi connectivity index (χ0v) is 14.9. The Labute approximate surface area is 153 Å². The SMILES string of the molecule is Cc1cc(OCCS(C)(=O)=O)ccc1[B-](F)(F)F.[K+]. The molecule has 1 rings (SSSR count). The average Bonchev–Trinajstić information content (AvgIpc) is 2.13. The molecule has 0 spiro atoms. The number of benzene rings is 1. The van der Waals surface area contributed by atoms with Crippen LogP contribution in [0.1, 0.15) is 5.56 Å². The van der Waals surface area contributed by atoms with E-state index < -0.39 is 22.3 Å². The molecule has 0 atom stereocenters. The third-order valence-electron chi connectivity index (χ3n) is 2.32. The normalized spacial score (nSPS) is 11.8. The summed E-state index contributed by atoms with van der Waals surface area (Å²) in [5, 5.41) is 0. The molecule has 0 heterocycles. The van der Waals surface area contributed by atoms with Gasteiger partial charge in [-0.25, -0.2) is 8.42 Å². The van der Waals surface area contributed by atoms with Crippen LogP contribution in [-0.4, -0.2) is 34.0 Å². The summed E-state index contributed by atoms with van der Waals surface area (Å²) < 4.78 is 64.4. The predicted molar refractivity (Wildman–Crippen MR) is 65.1 cm³/mol. The van der Waals surface area contributed by atoms with Gasteiger partial charge in [0.15, 0.2) is 9.84 Å². The van der Waals surface area contributed by atoms with Crippen molar-refractivity contribution in [2.45, 2.75) is 6.92 Å². The van der Waals surface area contributed by atoms with Crippen molar-refractivity contribution < 1.29 is 77.5 Å². The molecule has 0 aliphatic rings. The summed E-state index contributed by atoms with van der Waals surface area (Å²) in [6, 6.07) is 3.40. The Morgan fingerprint density at radius 1 is 1.26 bits per heavy atom. The fourth-order valence-corrected chi connectivity index (χ4v) is 1.80. The van der Waals surface area contributed by atoms with Crippen LogP contribution in [0, 0.1) is 6.92 Å². The second kappa shape index (κ2) is 7.46. The summed E-state index contributed by atoms with van der Waals surface area (Å²) in [4.78, 5) is 0. The predicted octanol–water partition coefficient (Wildman–Crippen LogP) is -1.52. The first-order valence-corrected chi connectivity index (χ1v) is 7.26. The van der Waals surface area contributed by atoms with Crippen molar-refractivity contribution in [3.05, 3.63) is 23.8 Å². The first-order valence-electron chi connectivity index (χ1n) is 5.20. The van der Waals surface area contributed by atoms with E-state index in [0.29, 0.717) is 0 Å². The van der Waals surface area contributed by atoms with E-state index in [1.165, 1.54) is 19.1 Å². The van der Waals surface area contributed by atoms with Gasteiger partial charge in [0.1, 0.15) is 12.4 Å². The van der Waals surface area contributed by atoms with Gasteiger partial charge in [-0.15, -0.1) is 5.46 Å². The second-order valence-corrected chi connectivity index (χ2v) is 6.33. The smallest absolute Gasteiger partial charge is 0.493 e. The van der Waals surface area contributed by atoms with E-state index in [4.69, 9.17) is 4.74 Å². The van der Waals surface area contributed by atoms with Crippen LogP contribution in [0.4, 0.5) is 12.9 Å². The Bertz CT molecular complexity index is 531. The number of hydrogen-bond acceptors (Lipinski definition) is 3. The maximum absolute atomic E-state index is 12.5. The minimum Gasteiger partial charge on any atom is -0.493 e. The van der Waals surface area contributed by atoms with E-state index in [2.05, 4.69) is 0 Å². The summed E-state index contributed by atoms with van der Waals surface area (Å²) in [6.07, 6.45) is 1.07. The molecule has 0 aromatic heterocycles. The molecule has 0 unspecified atom stereocenters. The molecule has 0 aliphatic heterocycles. The number of sulfone groups is 1. The zero-order chi connectivity index (χ0) is 14.0. The Morgan fingerprint density at radius 3 is 2.26 bits per heavy atom. The van der Waals surface area contributed by atoms with Gasteiger partial charge in [-0.3, -0.25) is 0 Å². The van der Waals surface area contributed by atoms with Gasteiger partial charge in [-0.05, 0) is 19.1 Å². The standard InChI is InChI=1S/C10H13BF3O3S.K/c1-8-7-9(17-5-6-18(2,15)16)3-4-10(8)11(12,13)14;/h3-4,7H,5-6H2,1-2H3;/q-1;+1. The first-order chi connectivity index (χ1) is 8.09. The average molecular weight is 320 g/mol. The summed E-state index contributed by atoms with van der Waals surface area (Å²) in [5.41, 5.74) is -0.593. The van der Waals surface area contributed by atoms with Crippen molar-refractivity contribution in [1.29, 1.82) is 0 Å². The van der Waals surface area contributed by atoms with Crippen LogP contribution < -0.4 is 61.6 Å². The largest absolute Gasteiger partial charge is 1.00 e. The number of rotatable bonds is 5. The van der Waals surface area contributed by atoms with Crippen molar-refractivity contribution in [3.63, 3.8) is 0 Å². The van der Waals surface area contributed by atoms with Crippen LogP contribution in [0.2, 0.25) is 0 Å². The van der Waals surface area contributed by atoms with E-state index in [-0.39, 0.29) is 75.1 Å². The molecule has 3 nitrogen and oxygen atoms in total. The third-order valence-corrected chi connectivity index (χ3v) is 3.23. The monoisotopic (exact) mass is 320 g/mol. The molecule has 0 fully saturated rings. The Balaban J connectivity index is 0.00000324. The fourth-order valence-electron chi connectivity index (χ4n) is 1.42.